The molecule has 0 saturated carbocycles. The van der Waals surface area contributed by atoms with E-state index in [1.807, 2.05) is 9.47 Å². The summed E-state index contributed by atoms with van der Waals surface area (Å²) in [5, 5.41) is 9.65. The summed E-state index contributed by atoms with van der Waals surface area (Å²) in [4.78, 5) is 22.3. The summed E-state index contributed by atoms with van der Waals surface area (Å²) >= 11 is 5.78. The lowest BCUT2D eigenvalue weighted by Gasteiger charge is -2.30. The van der Waals surface area contributed by atoms with Gasteiger partial charge in [0.1, 0.15) is 18.2 Å². The van der Waals surface area contributed by atoms with Gasteiger partial charge in [0.2, 0.25) is 0 Å². The molecule has 42 heavy (non-hydrogen) atoms. The Kier molecular flexibility index (Phi) is 7.54. The fourth-order valence-corrected chi connectivity index (χ4v) is 5.37. The molecular weight excluding hydrogens is 580 g/mol. The molecule has 4 aromatic rings. The predicted molar refractivity (Wildman–Crippen MR) is 144 cm³/mol. The van der Waals surface area contributed by atoms with Crippen LogP contribution in [0.15, 0.2) is 42.5 Å². The van der Waals surface area contributed by atoms with E-state index in [9.17, 15) is 27.5 Å². The van der Waals surface area contributed by atoms with Crippen molar-refractivity contribution in [1.29, 1.82) is 0 Å². The number of halogens is 5. The van der Waals surface area contributed by atoms with Crippen LogP contribution < -0.4 is 4.74 Å². The van der Waals surface area contributed by atoms with Crippen LogP contribution in [0.2, 0.25) is 5.02 Å². The number of carboxylic acids is 1. The second-order valence-corrected chi connectivity index (χ2v) is 10.8. The van der Waals surface area contributed by atoms with Gasteiger partial charge in [0, 0.05) is 42.4 Å². The van der Waals surface area contributed by atoms with E-state index in [2.05, 4.69) is 4.98 Å². The van der Waals surface area contributed by atoms with E-state index in [1.165, 1.54) is 24.3 Å². The van der Waals surface area contributed by atoms with Gasteiger partial charge >= 0.3 is 12.1 Å². The lowest BCUT2D eigenvalue weighted by atomic mass is 10.0. The normalized spacial score (nSPS) is 17.2. The molecule has 0 aliphatic carbocycles. The van der Waals surface area contributed by atoms with E-state index in [-0.39, 0.29) is 35.2 Å². The first-order valence-corrected chi connectivity index (χ1v) is 13.7. The average molecular weight is 605 g/mol. The van der Waals surface area contributed by atoms with E-state index in [4.69, 9.17) is 26.1 Å². The molecule has 0 amide bonds. The van der Waals surface area contributed by atoms with Crippen molar-refractivity contribution in [1.82, 2.24) is 19.4 Å². The zero-order chi connectivity index (χ0) is 29.6. The Hall–Kier alpha value is -3.74. The molecule has 2 aliphatic heterocycles. The molecule has 0 bridgehead atoms. The summed E-state index contributed by atoms with van der Waals surface area (Å²) in [7, 11) is 0. The number of alkyl halides is 3. The molecule has 0 unspecified atom stereocenters. The zero-order valence-corrected chi connectivity index (χ0v) is 22.9. The first-order valence-electron chi connectivity index (χ1n) is 13.3. The molecule has 4 heterocycles. The molecule has 2 aliphatic rings. The summed E-state index contributed by atoms with van der Waals surface area (Å²) in [5.74, 6) is -1.51. The topological polar surface area (TPSA) is 89.7 Å². The van der Waals surface area contributed by atoms with Gasteiger partial charge in [0.25, 0.3) is 0 Å². The van der Waals surface area contributed by atoms with Gasteiger partial charge in [0.15, 0.2) is 11.4 Å². The van der Waals surface area contributed by atoms with Gasteiger partial charge in [-0.15, -0.1) is 0 Å². The number of ether oxygens (including phenoxy) is 2. The highest BCUT2D eigenvalue weighted by molar-refractivity contribution is 6.30. The van der Waals surface area contributed by atoms with Crippen LogP contribution in [0.1, 0.15) is 45.1 Å². The number of hydrogen-bond acceptors (Lipinski definition) is 6. The predicted octanol–water partition coefficient (Wildman–Crippen LogP) is 5.87. The SMILES string of the molecule is O=C(O)c1ccc2nc(CN3CCc4nc(C(F)(F)F)c(OCc5ccc(Cl)cc5F)cc4C3)n(C[C@@H]3CCO3)c2c1. The number of rotatable bonds is 8. The maximum absolute atomic E-state index is 14.2. The first kappa shape index (κ1) is 28.4. The molecule has 6 rings (SSSR count). The van der Waals surface area contributed by atoms with Crippen molar-refractivity contribution in [2.75, 3.05) is 13.2 Å². The Morgan fingerprint density at radius 2 is 1.98 bits per heavy atom. The molecule has 220 valence electrons. The number of fused-ring (bicyclic) bond motifs is 2. The third-order valence-corrected chi connectivity index (χ3v) is 7.74. The number of hydrogen-bond donors (Lipinski definition) is 1. The molecule has 1 N–H and O–H groups in total. The summed E-state index contributed by atoms with van der Waals surface area (Å²) in [5.41, 5.74) is 1.28. The Labute approximate surface area is 242 Å². The minimum Gasteiger partial charge on any atom is -0.487 e. The zero-order valence-electron chi connectivity index (χ0n) is 22.1. The molecule has 1 atom stereocenters. The first-order chi connectivity index (χ1) is 20.0. The average Bonchev–Trinajstić information content (AvgIpc) is 3.24. The van der Waals surface area contributed by atoms with Crippen LogP contribution in [0.5, 0.6) is 5.75 Å². The fraction of sp³-hybridized carbons (Fsp3) is 0.345. The van der Waals surface area contributed by atoms with Gasteiger partial charge in [-0.3, -0.25) is 4.90 Å². The summed E-state index contributed by atoms with van der Waals surface area (Å²) in [6.45, 7) is 1.85. The summed E-state index contributed by atoms with van der Waals surface area (Å²) < 4.78 is 69.0. The number of benzene rings is 2. The van der Waals surface area contributed by atoms with Gasteiger partial charge in [-0.05, 0) is 48.4 Å². The molecule has 8 nitrogen and oxygen atoms in total. The van der Waals surface area contributed by atoms with Gasteiger partial charge in [0.05, 0.1) is 35.8 Å². The van der Waals surface area contributed by atoms with Crippen molar-refractivity contribution in [3.05, 3.63) is 87.2 Å². The fourth-order valence-electron chi connectivity index (χ4n) is 5.21. The van der Waals surface area contributed by atoms with E-state index < -0.39 is 36.0 Å². The van der Waals surface area contributed by atoms with Crippen molar-refractivity contribution in [2.45, 2.75) is 51.4 Å². The van der Waals surface area contributed by atoms with Crippen LogP contribution in [-0.4, -0.2) is 49.8 Å². The van der Waals surface area contributed by atoms with Gasteiger partial charge < -0.3 is 19.1 Å². The molecule has 0 radical (unpaired) electrons. The number of imidazole rings is 1. The van der Waals surface area contributed by atoms with Gasteiger partial charge in [-0.2, -0.15) is 13.2 Å². The molecule has 0 spiro atoms. The third-order valence-electron chi connectivity index (χ3n) is 7.50. The molecule has 2 aromatic heterocycles. The van der Waals surface area contributed by atoms with Crippen LogP contribution >= 0.6 is 11.6 Å². The number of pyridine rings is 1. The second-order valence-electron chi connectivity index (χ2n) is 10.4. The van der Waals surface area contributed by atoms with Crippen molar-refractivity contribution < 1.29 is 36.9 Å². The Bertz CT molecular complexity index is 1670. The van der Waals surface area contributed by atoms with Gasteiger partial charge in [-0.25, -0.2) is 19.2 Å². The Morgan fingerprint density at radius 3 is 2.67 bits per heavy atom. The van der Waals surface area contributed by atoms with Crippen LogP contribution in [-0.2, 0) is 43.6 Å². The van der Waals surface area contributed by atoms with Crippen LogP contribution in [0.25, 0.3) is 11.0 Å². The van der Waals surface area contributed by atoms with Crippen molar-refractivity contribution >= 4 is 28.6 Å². The van der Waals surface area contributed by atoms with Crippen LogP contribution in [0.3, 0.4) is 0 Å². The maximum atomic E-state index is 14.2. The molecule has 13 heteroatoms. The Morgan fingerprint density at radius 1 is 1.17 bits per heavy atom. The molecule has 1 saturated heterocycles. The minimum absolute atomic E-state index is 0.00751. The van der Waals surface area contributed by atoms with Crippen LogP contribution in [0.4, 0.5) is 17.6 Å². The quantitative estimate of drug-likeness (QED) is 0.252. The maximum Gasteiger partial charge on any atom is 0.437 e. The highest BCUT2D eigenvalue weighted by atomic mass is 35.5. The smallest absolute Gasteiger partial charge is 0.437 e. The molecule has 1 fully saturated rings. The monoisotopic (exact) mass is 604 g/mol. The van der Waals surface area contributed by atoms with Crippen molar-refractivity contribution in [3.63, 3.8) is 0 Å². The number of aromatic carboxylic acids is 1. The number of carbonyl (C=O) groups is 1. The van der Waals surface area contributed by atoms with Crippen molar-refractivity contribution in [3.8, 4) is 5.75 Å². The lowest BCUT2D eigenvalue weighted by molar-refractivity contribution is -0.142. The van der Waals surface area contributed by atoms with E-state index in [0.29, 0.717) is 54.4 Å². The minimum atomic E-state index is -4.76. The number of carboxylic acid groups (broad SMARTS) is 1. The lowest BCUT2D eigenvalue weighted by Crippen LogP contribution is -2.34. The summed E-state index contributed by atoms with van der Waals surface area (Å²) in [6.07, 6.45) is -3.61. The Balaban J connectivity index is 1.27. The molecule has 2 aromatic carbocycles. The number of aromatic nitrogens is 3. The third kappa shape index (κ3) is 5.79. The largest absolute Gasteiger partial charge is 0.487 e. The highest BCUT2D eigenvalue weighted by Crippen LogP contribution is 2.38. The van der Waals surface area contributed by atoms with Crippen LogP contribution in [0, 0.1) is 5.82 Å². The molecular formula is C29H25ClF4N4O4. The summed E-state index contributed by atoms with van der Waals surface area (Å²) in [6, 6.07) is 9.96. The second kappa shape index (κ2) is 11.2. The van der Waals surface area contributed by atoms with E-state index >= 15 is 0 Å². The van der Waals surface area contributed by atoms with Gasteiger partial charge in [-0.1, -0.05) is 17.7 Å². The van der Waals surface area contributed by atoms with E-state index in [0.717, 1.165) is 12.5 Å². The van der Waals surface area contributed by atoms with E-state index in [1.54, 1.807) is 12.1 Å². The van der Waals surface area contributed by atoms with Crippen molar-refractivity contribution in [2.24, 2.45) is 0 Å². The highest BCUT2D eigenvalue weighted by Gasteiger charge is 2.38. The number of nitrogens with zero attached hydrogens (tertiary/aromatic N) is 4. The standard InChI is InChI=1S/C29H25ClF4N4O4/c30-19-3-1-17(21(31)11-19)15-42-25-10-18-12-37(7-5-22(18)36-27(25)29(32,33)34)14-26-35-23-4-2-16(28(39)40)9-24(23)38(26)13-20-6-8-41-20/h1-4,9-11,20H,5-8,12-15H2,(H,39,40)/t20-/m0/s1.